The SMILES string of the molecule is c1coc(C(CNc2ncnc3nc[nH]c23)N2CCCCC2)c1. The normalized spacial score (nSPS) is 17.4. The van der Waals surface area contributed by atoms with E-state index in [2.05, 4.69) is 30.2 Å². The van der Waals surface area contributed by atoms with Crippen LogP contribution in [0.5, 0.6) is 0 Å². The summed E-state index contributed by atoms with van der Waals surface area (Å²) < 4.78 is 5.68. The van der Waals surface area contributed by atoms with Gasteiger partial charge in [0.1, 0.15) is 17.6 Å². The molecule has 4 heterocycles. The molecule has 0 radical (unpaired) electrons. The molecule has 0 aromatic carbocycles. The second-order valence-electron chi connectivity index (χ2n) is 5.83. The highest BCUT2D eigenvalue weighted by Crippen LogP contribution is 2.26. The van der Waals surface area contributed by atoms with Gasteiger partial charge in [0.15, 0.2) is 11.5 Å². The van der Waals surface area contributed by atoms with Crippen LogP contribution in [0.4, 0.5) is 5.82 Å². The van der Waals surface area contributed by atoms with Gasteiger partial charge in [0.25, 0.3) is 0 Å². The van der Waals surface area contributed by atoms with E-state index >= 15 is 0 Å². The van der Waals surface area contributed by atoms with Gasteiger partial charge in [-0.1, -0.05) is 6.42 Å². The van der Waals surface area contributed by atoms with E-state index < -0.39 is 0 Å². The van der Waals surface area contributed by atoms with Crippen LogP contribution in [0.1, 0.15) is 31.1 Å². The molecule has 120 valence electrons. The third kappa shape index (κ3) is 2.92. The number of fused-ring (bicyclic) bond motifs is 1. The van der Waals surface area contributed by atoms with Gasteiger partial charge in [-0.2, -0.15) is 0 Å². The number of H-pyrrole nitrogens is 1. The van der Waals surface area contributed by atoms with Crippen molar-refractivity contribution in [3.8, 4) is 0 Å². The van der Waals surface area contributed by atoms with Crippen LogP contribution in [-0.2, 0) is 0 Å². The van der Waals surface area contributed by atoms with E-state index in [1.54, 1.807) is 12.6 Å². The molecule has 0 bridgehead atoms. The minimum absolute atomic E-state index is 0.207. The van der Waals surface area contributed by atoms with Crippen LogP contribution in [0.3, 0.4) is 0 Å². The molecule has 3 aromatic rings. The first kappa shape index (κ1) is 14.2. The summed E-state index contributed by atoms with van der Waals surface area (Å²) in [5.41, 5.74) is 1.51. The topological polar surface area (TPSA) is 82.9 Å². The summed E-state index contributed by atoms with van der Waals surface area (Å²) >= 11 is 0. The highest BCUT2D eigenvalue weighted by Gasteiger charge is 2.24. The summed E-state index contributed by atoms with van der Waals surface area (Å²) in [6.45, 7) is 2.95. The molecular formula is C16H20N6O. The average Bonchev–Trinajstić information content (AvgIpc) is 3.28. The van der Waals surface area contributed by atoms with Gasteiger partial charge in [-0.15, -0.1) is 0 Å². The second kappa shape index (κ2) is 6.37. The lowest BCUT2D eigenvalue weighted by Gasteiger charge is -2.33. The number of aromatic nitrogens is 4. The summed E-state index contributed by atoms with van der Waals surface area (Å²) in [6.07, 6.45) is 8.72. The molecule has 7 nitrogen and oxygen atoms in total. The maximum Gasteiger partial charge on any atom is 0.182 e. The molecule has 1 fully saturated rings. The van der Waals surface area contributed by atoms with Crippen molar-refractivity contribution < 1.29 is 4.42 Å². The van der Waals surface area contributed by atoms with E-state index in [-0.39, 0.29) is 6.04 Å². The number of piperidine rings is 1. The van der Waals surface area contributed by atoms with Crippen molar-refractivity contribution in [2.75, 3.05) is 25.0 Å². The molecule has 1 unspecified atom stereocenters. The van der Waals surface area contributed by atoms with Gasteiger partial charge in [-0.3, -0.25) is 4.90 Å². The molecule has 1 aliphatic heterocycles. The van der Waals surface area contributed by atoms with Crippen molar-refractivity contribution in [2.45, 2.75) is 25.3 Å². The number of imidazole rings is 1. The lowest BCUT2D eigenvalue weighted by atomic mass is 10.1. The number of hydrogen-bond donors (Lipinski definition) is 2. The number of likely N-dealkylation sites (tertiary alicyclic amines) is 1. The van der Waals surface area contributed by atoms with E-state index in [0.29, 0.717) is 5.65 Å². The van der Waals surface area contributed by atoms with E-state index in [1.165, 1.54) is 25.6 Å². The Kier molecular flexibility index (Phi) is 3.94. The molecule has 0 aliphatic carbocycles. The summed E-state index contributed by atoms with van der Waals surface area (Å²) in [7, 11) is 0. The predicted octanol–water partition coefficient (Wildman–Crippen LogP) is 2.58. The van der Waals surface area contributed by atoms with E-state index in [4.69, 9.17) is 4.42 Å². The van der Waals surface area contributed by atoms with E-state index in [9.17, 15) is 0 Å². The van der Waals surface area contributed by atoms with Crippen LogP contribution in [0, 0.1) is 0 Å². The van der Waals surface area contributed by atoms with Crippen molar-refractivity contribution in [3.05, 3.63) is 36.8 Å². The molecule has 7 heteroatoms. The Balaban J connectivity index is 1.54. The second-order valence-corrected chi connectivity index (χ2v) is 5.83. The Morgan fingerprint density at radius 1 is 1.22 bits per heavy atom. The standard InChI is InChI=1S/C16H20N6O/c1-2-6-22(7-3-1)12(13-5-4-8-23-13)9-17-15-14-16(19-10-18-14)21-11-20-15/h4-5,8,10-12H,1-3,6-7,9H2,(H2,17,18,19,20,21). The van der Waals surface area contributed by atoms with Crippen LogP contribution < -0.4 is 5.32 Å². The van der Waals surface area contributed by atoms with Gasteiger partial charge in [0, 0.05) is 6.54 Å². The third-order valence-electron chi connectivity index (χ3n) is 4.39. The quantitative estimate of drug-likeness (QED) is 0.753. The Labute approximate surface area is 134 Å². The highest BCUT2D eigenvalue weighted by atomic mass is 16.3. The third-order valence-corrected chi connectivity index (χ3v) is 4.39. The summed E-state index contributed by atoms with van der Waals surface area (Å²) in [5.74, 6) is 1.77. The molecule has 3 aromatic heterocycles. The lowest BCUT2D eigenvalue weighted by Crippen LogP contribution is -2.37. The van der Waals surface area contributed by atoms with E-state index in [0.717, 1.165) is 36.7 Å². The van der Waals surface area contributed by atoms with Crippen molar-refractivity contribution in [2.24, 2.45) is 0 Å². The Morgan fingerprint density at radius 3 is 2.96 bits per heavy atom. The first-order chi connectivity index (χ1) is 11.4. The minimum Gasteiger partial charge on any atom is -0.468 e. The smallest absolute Gasteiger partial charge is 0.182 e. The zero-order valence-electron chi connectivity index (χ0n) is 12.9. The Hall–Kier alpha value is -2.41. The number of furan rings is 1. The number of nitrogens with zero attached hydrogens (tertiary/aromatic N) is 4. The number of hydrogen-bond acceptors (Lipinski definition) is 6. The van der Waals surface area contributed by atoms with Crippen LogP contribution in [-0.4, -0.2) is 44.5 Å². The van der Waals surface area contributed by atoms with Gasteiger partial charge >= 0.3 is 0 Å². The maximum atomic E-state index is 5.68. The minimum atomic E-state index is 0.207. The predicted molar refractivity (Wildman–Crippen MR) is 87.0 cm³/mol. The first-order valence-corrected chi connectivity index (χ1v) is 8.07. The van der Waals surface area contributed by atoms with Crippen molar-refractivity contribution >= 4 is 17.0 Å². The maximum absolute atomic E-state index is 5.68. The van der Waals surface area contributed by atoms with Gasteiger partial charge in [-0.25, -0.2) is 15.0 Å². The molecule has 0 amide bonds. The molecule has 2 N–H and O–H groups in total. The molecule has 4 rings (SSSR count). The van der Waals surface area contributed by atoms with Crippen LogP contribution in [0.15, 0.2) is 35.5 Å². The lowest BCUT2D eigenvalue weighted by molar-refractivity contribution is 0.153. The number of anilines is 1. The highest BCUT2D eigenvalue weighted by molar-refractivity contribution is 5.81. The van der Waals surface area contributed by atoms with Crippen LogP contribution in [0.2, 0.25) is 0 Å². The molecule has 0 saturated carbocycles. The largest absolute Gasteiger partial charge is 0.468 e. The Morgan fingerprint density at radius 2 is 2.13 bits per heavy atom. The molecule has 1 atom stereocenters. The number of aromatic amines is 1. The number of rotatable bonds is 5. The zero-order chi connectivity index (χ0) is 15.5. The molecular weight excluding hydrogens is 292 g/mol. The van der Waals surface area contributed by atoms with Gasteiger partial charge in [0.2, 0.25) is 0 Å². The molecule has 0 spiro atoms. The summed E-state index contributed by atoms with van der Waals surface area (Å²) in [4.78, 5) is 18.2. The number of nitrogens with one attached hydrogen (secondary N) is 2. The van der Waals surface area contributed by atoms with Crippen molar-refractivity contribution in [1.82, 2.24) is 24.8 Å². The summed E-state index contributed by atoms with van der Waals surface area (Å²) in [6, 6.07) is 4.20. The van der Waals surface area contributed by atoms with E-state index in [1.807, 2.05) is 12.1 Å². The molecule has 1 saturated heterocycles. The summed E-state index contributed by atoms with van der Waals surface area (Å²) in [5, 5.41) is 3.44. The first-order valence-electron chi connectivity index (χ1n) is 8.07. The zero-order valence-corrected chi connectivity index (χ0v) is 12.9. The average molecular weight is 312 g/mol. The molecule has 1 aliphatic rings. The van der Waals surface area contributed by atoms with Crippen LogP contribution >= 0.6 is 0 Å². The fraction of sp³-hybridized carbons (Fsp3) is 0.438. The van der Waals surface area contributed by atoms with Crippen molar-refractivity contribution in [1.29, 1.82) is 0 Å². The fourth-order valence-corrected chi connectivity index (χ4v) is 3.21. The van der Waals surface area contributed by atoms with Gasteiger partial charge in [0.05, 0.1) is 18.6 Å². The van der Waals surface area contributed by atoms with Crippen LogP contribution in [0.25, 0.3) is 11.2 Å². The van der Waals surface area contributed by atoms with Crippen molar-refractivity contribution in [3.63, 3.8) is 0 Å². The Bertz CT molecular complexity index is 747. The molecule has 23 heavy (non-hydrogen) atoms. The fourth-order valence-electron chi connectivity index (χ4n) is 3.21. The van der Waals surface area contributed by atoms with Gasteiger partial charge in [-0.05, 0) is 38.1 Å². The van der Waals surface area contributed by atoms with Gasteiger partial charge < -0.3 is 14.7 Å². The monoisotopic (exact) mass is 312 g/mol.